The molecule has 0 aromatic carbocycles. The van der Waals surface area contributed by atoms with E-state index in [0.29, 0.717) is 4.57 Å². The van der Waals surface area contributed by atoms with Crippen molar-refractivity contribution in [2.75, 3.05) is 25.5 Å². The van der Waals surface area contributed by atoms with Crippen LogP contribution in [0.3, 0.4) is 0 Å². The molecule has 0 bridgehead atoms. The average molecular weight is 359 g/mol. The predicted molar refractivity (Wildman–Crippen MR) is 85.1 cm³/mol. The highest BCUT2D eigenvalue weighted by atomic mass is 19.4. The van der Waals surface area contributed by atoms with Gasteiger partial charge in [0.25, 0.3) is 5.56 Å². The van der Waals surface area contributed by atoms with E-state index in [1.165, 1.54) is 0 Å². The largest absolute Gasteiger partial charge is 0.478 e. The van der Waals surface area contributed by atoms with E-state index in [9.17, 15) is 27.9 Å². The first kappa shape index (κ1) is 17.8. The summed E-state index contributed by atoms with van der Waals surface area (Å²) in [4.78, 5) is 25.9. The molecule has 1 aromatic rings. The molecular weight excluding hydrogens is 339 g/mol. The molecule has 2 N–H and O–H groups in total. The minimum absolute atomic E-state index is 0.0120. The van der Waals surface area contributed by atoms with Crippen LogP contribution in [0.2, 0.25) is 0 Å². The van der Waals surface area contributed by atoms with Crippen LogP contribution in [-0.2, 0) is 5.54 Å². The van der Waals surface area contributed by atoms with Crippen molar-refractivity contribution in [3.05, 3.63) is 28.2 Å². The third kappa shape index (κ3) is 3.24. The van der Waals surface area contributed by atoms with Gasteiger partial charge in [-0.05, 0) is 45.8 Å². The van der Waals surface area contributed by atoms with Crippen LogP contribution in [0.5, 0.6) is 0 Å². The van der Waals surface area contributed by atoms with Crippen molar-refractivity contribution < 1.29 is 23.1 Å². The summed E-state index contributed by atoms with van der Waals surface area (Å²) in [5.74, 6) is -1.36. The highest BCUT2D eigenvalue weighted by Crippen LogP contribution is 2.54. The number of hydrogen-bond donors (Lipinski definition) is 2. The number of aromatic carboxylic acids is 1. The highest BCUT2D eigenvalue weighted by Gasteiger charge is 2.65. The standard InChI is InChI=1S/C16H20F3N3O3/c1-21-6-2-10(3-7-21)20-12-8-13(23)22(9-11(12)14(24)25)15(4-5-15)16(17,18)19/h8-10,20H,2-7H2,1H3,(H,24,25). The molecule has 25 heavy (non-hydrogen) atoms. The zero-order valence-corrected chi connectivity index (χ0v) is 13.8. The Kier molecular flexibility index (Phi) is 4.30. The Balaban J connectivity index is 1.94. The summed E-state index contributed by atoms with van der Waals surface area (Å²) in [5, 5.41) is 12.4. The van der Waals surface area contributed by atoms with Gasteiger partial charge in [0.05, 0.1) is 11.3 Å². The molecule has 1 aliphatic heterocycles. The van der Waals surface area contributed by atoms with Gasteiger partial charge in [0, 0.05) is 18.3 Å². The van der Waals surface area contributed by atoms with Crippen LogP contribution in [0.4, 0.5) is 18.9 Å². The predicted octanol–water partition coefficient (Wildman–Crippen LogP) is 2.10. The third-order valence-electron chi connectivity index (χ3n) is 5.07. The van der Waals surface area contributed by atoms with Crippen LogP contribution in [0.1, 0.15) is 36.0 Å². The first-order valence-electron chi connectivity index (χ1n) is 8.16. The molecule has 0 atom stereocenters. The Morgan fingerprint density at radius 3 is 2.40 bits per heavy atom. The van der Waals surface area contributed by atoms with Crippen LogP contribution < -0.4 is 10.9 Å². The van der Waals surface area contributed by atoms with Gasteiger partial charge in [-0.3, -0.25) is 9.36 Å². The van der Waals surface area contributed by atoms with Crippen molar-refractivity contribution >= 4 is 11.7 Å². The molecule has 0 unspecified atom stereocenters. The number of pyridine rings is 1. The topological polar surface area (TPSA) is 74.6 Å². The summed E-state index contributed by atoms with van der Waals surface area (Å²) in [7, 11) is 1.98. The summed E-state index contributed by atoms with van der Waals surface area (Å²) in [6.07, 6.45) is -2.64. The second kappa shape index (κ2) is 6.05. The molecule has 1 saturated heterocycles. The molecule has 2 heterocycles. The molecular formula is C16H20F3N3O3. The number of halogens is 3. The van der Waals surface area contributed by atoms with Gasteiger partial charge < -0.3 is 15.3 Å². The molecule has 0 radical (unpaired) electrons. The fourth-order valence-electron chi connectivity index (χ4n) is 3.31. The molecule has 6 nitrogen and oxygen atoms in total. The van der Waals surface area contributed by atoms with E-state index in [0.717, 1.165) is 38.2 Å². The Hall–Kier alpha value is -2.03. The number of alkyl halides is 3. The zero-order chi connectivity index (χ0) is 18.4. The number of likely N-dealkylation sites (tertiary alicyclic amines) is 1. The molecule has 1 aromatic heterocycles. The maximum atomic E-state index is 13.3. The number of hydrogen-bond acceptors (Lipinski definition) is 4. The number of carbonyl (C=O) groups is 1. The molecule has 9 heteroatoms. The second-order valence-electron chi connectivity index (χ2n) is 6.87. The molecule has 2 fully saturated rings. The summed E-state index contributed by atoms with van der Waals surface area (Å²) < 4.78 is 40.4. The first-order valence-corrected chi connectivity index (χ1v) is 8.16. The normalized spacial score (nSPS) is 21.1. The summed E-state index contributed by atoms with van der Waals surface area (Å²) in [5.41, 5.74) is -3.33. The fourth-order valence-corrected chi connectivity index (χ4v) is 3.31. The SMILES string of the molecule is CN1CCC(Nc2cc(=O)n(C3(C(F)(F)F)CC3)cc2C(=O)O)CC1. The lowest BCUT2D eigenvalue weighted by atomic mass is 10.0. The second-order valence-corrected chi connectivity index (χ2v) is 6.87. The smallest absolute Gasteiger partial charge is 0.412 e. The molecule has 2 aliphatic rings. The Labute approximate surface area is 142 Å². The van der Waals surface area contributed by atoms with Crippen LogP contribution in [-0.4, -0.2) is 52.9 Å². The molecule has 1 aliphatic carbocycles. The number of carboxylic acids is 1. The van der Waals surface area contributed by atoms with E-state index in [-0.39, 0.29) is 30.1 Å². The lowest BCUT2D eigenvalue weighted by Crippen LogP contribution is -2.42. The monoisotopic (exact) mass is 359 g/mol. The molecule has 1 saturated carbocycles. The third-order valence-corrected chi connectivity index (χ3v) is 5.07. The maximum Gasteiger partial charge on any atom is 0.412 e. The van der Waals surface area contributed by atoms with Crippen LogP contribution in [0, 0.1) is 0 Å². The Morgan fingerprint density at radius 2 is 1.92 bits per heavy atom. The number of piperidine rings is 1. The lowest BCUT2D eigenvalue weighted by Gasteiger charge is -2.30. The Morgan fingerprint density at radius 1 is 1.32 bits per heavy atom. The van der Waals surface area contributed by atoms with Crippen LogP contribution in [0.15, 0.2) is 17.1 Å². The summed E-state index contributed by atoms with van der Waals surface area (Å²) in [6.45, 7) is 1.66. The van der Waals surface area contributed by atoms with Crippen LogP contribution >= 0.6 is 0 Å². The van der Waals surface area contributed by atoms with Gasteiger partial charge in [-0.1, -0.05) is 0 Å². The van der Waals surface area contributed by atoms with Crippen molar-refractivity contribution in [3.8, 4) is 0 Å². The molecule has 138 valence electrons. The van der Waals surface area contributed by atoms with Crippen molar-refractivity contribution in [3.63, 3.8) is 0 Å². The van der Waals surface area contributed by atoms with Gasteiger partial charge in [-0.25, -0.2) is 4.79 Å². The van der Waals surface area contributed by atoms with Crippen molar-refractivity contribution in [1.29, 1.82) is 0 Å². The van der Waals surface area contributed by atoms with Gasteiger partial charge in [0.1, 0.15) is 5.54 Å². The van der Waals surface area contributed by atoms with E-state index in [1.807, 2.05) is 7.05 Å². The average Bonchev–Trinajstić information content (AvgIpc) is 3.30. The lowest BCUT2D eigenvalue weighted by molar-refractivity contribution is -0.180. The van der Waals surface area contributed by atoms with E-state index < -0.39 is 23.2 Å². The number of nitrogens with one attached hydrogen (secondary N) is 1. The fraction of sp³-hybridized carbons (Fsp3) is 0.625. The van der Waals surface area contributed by atoms with E-state index in [1.54, 1.807) is 0 Å². The van der Waals surface area contributed by atoms with Gasteiger partial charge in [0.15, 0.2) is 0 Å². The quantitative estimate of drug-likeness (QED) is 0.861. The molecule has 3 rings (SSSR count). The van der Waals surface area contributed by atoms with Gasteiger partial charge in [0.2, 0.25) is 0 Å². The summed E-state index contributed by atoms with van der Waals surface area (Å²) >= 11 is 0. The number of nitrogens with zero attached hydrogens (tertiary/aromatic N) is 2. The zero-order valence-electron chi connectivity index (χ0n) is 13.8. The van der Waals surface area contributed by atoms with Crippen molar-refractivity contribution in [2.45, 2.75) is 43.4 Å². The minimum Gasteiger partial charge on any atom is -0.478 e. The highest BCUT2D eigenvalue weighted by molar-refractivity contribution is 5.93. The number of aromatic nitrogens is 1. The minimum atomic E-state index is -4.59. The summed E-state index contributed by atoms with van der Waals surface area (Å²) in [6, 6.07) is 0.968. The van der Waals surface area contributed by atoms with Crippen molar-refractivity contribution in [1.82, 2.24) is 9.47 Å². The van der Waals surface area contributed by atoms with E-state index in [2.05, 4.69) is 10.2 Å². The molecule has 0 spiro atoms. The Bertz CT molecular complexity index is 732. The number of carboxylic acid groups (broad SMARTS) is 1. The van der Waals surface area contributed by atoms with Crippen molar-refractivity contribution in [2.24, 2.45) is 0 Å². The van der Waals surface area contributed by atoms with Gasteiger partial charge in [-0.15, -0.1) is 0 Å². The van der Waals surface area contributed by atoms with Gasteiger partial charge >= 0.3 is 12.1 Å². The number of rotatable bonds is 4. The molecule has 0 amide bonds. The van der Waals surface area contributed by atoms with E-state index in [4.69, 9.17) is 0 Å². The van der Waals surface area contributed by atoms with Gasteiger partial charge in [-0.2, -0.15) is 13.2 Å². The first-order chi connectivity index (χ1) is 11.6. The van der Waals surface area contributed by atoms with E-state index >= 15 is 0 Å². The maximum absolute atomic E-state index is 13.3. The number of anilines is 1. The van der Waals surface area contributed by atoms with Crippen LogP contribution in [0.25, 0.3) is 0 Å².